The minimum atomic E-state index is -0.870. The van der Waals surface area contributed by atoms with Crippen molar-refractivity contribution in [2.24, 2.45) is 5.92 Å². The summed E-state index contributed by atoms with van der Waals surface area (Å²) < 4.78 is 28.4. The van der Waals surface area contributed by atoms with E-state index >= 15 is 0 Å². The molecule has 1 N–H and O–H groups in total. The first-order valence-corrected chi connectivity index (χ1v) is 9.99. The summed E-state index contributed by atoms with van der Waals surface area (Å²) in [5.74, 6) is -2.30. The molecule has 2 unspecified atom stereocenters. The van der Waals surface area contributed by atoms with Crippen LogP contribution in [0.25, 0.3) is 5.69 Å². The van der Waals surface area contributed by atoms with Gasteiger partial charge < -0.3 is 10.2 Å². The summed E-state index contributed by atoms with van der Waals surface area (Å²) in [6.45, 7) is 2.34. The topological polar surface area (TPSA) is 91.0 Å². The Balaban J connectivity index is 1.51. The van der Waals surface area contributed by atoms with Gasteiger partial charge in [0.05, 0.1) is 17.3 Å². The molecular weight excluding hydrogens is 416 g/mol. The van der Waals surface area contributed by atoms with Crippen molar-refractivity contribution < 1.29 is 18.4 Å². The highest BCUT2D eigenvalue weighted by Crippen LogP contribution is 2.35. The van der Waals surface area contributed by atoms with Gasteiger partial charge in [0.2, 0.25) is 0 Å². The van der Waals surface area contributed by atoms with Gasteiger partial charge in [-0.25, -0.2) is 13.5 Å². The van der Waals surface area contributed by atoms with E-state index in [0.717, 1.165) is 6.07 Å². The largest absolute Gasteiger partial charge is 0.327 e. The van der Waals surface area contributed by atoms with Gasteiger partial charge in [0.25, 0.3) is 0 Å². The van der Waals surface area contributed by atoms with Crippen LogP contribution in [0.5, 0.6) is 0 Å². The minimum Gasteiger partial charge on any atom is -0.327 e. The number of carbonyl (C=O) groups is 2. The molecule has 162 valence electrons. The fourth-order valence-corrected chi connectivity index (χ4v) is 3.92. The maximum absolute atomic E-state index is 13.7. The predicted molar refractivity (Wildman–Crippen MR) is 112 cm³/mol. The molecule has 0 bridgehead atoms. The molecule has 4 rings (SSSR count). The van der Waals surface area contributed by atoms with Crippen LogP contribution in [0.15, 0.2) is 54.7 Å². The SMILES string of the molecule is CC1CC(c2cccc(F)c2)N(C(=O)C(=O)Nc2ccn(-c3ccc(F)cc3C#N)n2)C1. The zero-order chi connectivity index (χ0) is 22.8. The van der Waals surface area contributed by atoms with Gasteiger partial charge in [0.15, 0.2) is 5.82 Å². The molecule has 2 atom stereocenters. The lowest BCUT2D eigenvalue weighted by Crippen LogP contribution is -2.39. The number of nitrogens with zero attached hydrogens (tertiary/aromatic N) is 4. The Bertz CT molecular complexity index is 1230. The molecular formula is C23H19F2N5O2. The lowest BCUT2D eigenvalue weighted by Gasteiger charge is -2.24. The van der Waals surface area contributed by atoms with Crippen molar-refractivity contribution >= 4 is 17.6 Å². The molecule has 1 fully saturated rings. The van der Waals surface area contributed by atoms with E-state index in [4.69, 9.17) is 0 Å². The Morgan fingerprint density at radius 2 is 1.94 bits per heavy atom. The van der Waals surface area contributed by atoms with E-state index in [9.17, 15) is 23.6 Å². The first kappa shape index (κ1) is 21.2. The number of rotatable bonds is 3. The molecule has 1 aromatic heterocycles. The fraction of sp³-hybridized carbons (Fsp3) is 0.217. The third kappa shape index (κ3) is 4.21. The number of carbonyl (C=O) groups excluding carboxylic acids is 2. The van der Waals surface area contributed by atoms with Crippen molar-refractivity contribution in [3.63, 3.8) is 0 Å². The average molecular weight is 435 g/mol. The van der Waals surface area contributed by atoms with Gasteiger partial charge in [0, 0.05) is 18.8 Å². The zero-order valence-electron chi connectivity index (χ0n) is 17.1. The summed E-state index contributed by atoms with van der Waals surface area (Å²) >= 11 is 0. The van der Waals surface area contributed by atoms with Crippen molar-refractivity contribution in [1.82, 2.24) is 14.7 Å². The Morgan fingerprint density at radius 1 is 1.16 bits per heavy atom. The number of hydrogen-bond acceptors (Lipinski definition) is 4. The number of likely N-dealkylation sites (tertiary alicyclic amines) is 1. The van der Waals surface area contributed by atoms with Gasteiger partial charge in [0.1, 0.15) is 17.7 Å². The maximum Gasteiger partial charge on any atom is 0.315 e. The van der Waals surface area contributed by atoms with Crippen LogP contribution in [-0.4, -0.2) is 33.0 Å². The van der Waals surface area contributed by atoms with Crippen molar-refractivity contribution in [2.75, 3.05) is 11.9 Å². The monoisotopic (exact) mass is 435 g/mol. The highest BCUT2D eigenvalue weighted by atomic mass is 19.1. The molecule has 0 saturated carbocycles. The summed E-state index contributed by atoms with van der Waals surface area (Å²) in [5, 5.41) is 15.8. The molecule has 1 aliphatic heterocycles. The quantitative estimate of drug-likeness (QED) is 0.637. The smallest absolute Gasteiger partial charge is 0.315 e. The maximum atomic E-state index is 13.7. The third-order valence-electron chi connectivity index (χ3n) is 5.36. The van der Waals surface area contributed by atoms with E-state index in [-0.39, 0.29) is 17.3 Å². The Hall–Kier alpha value is -4.06. The van der Waals surface area contributed by atoms with Crippen molar-refractivity contribution in [3.05, 3.63) is 77.5 Å². The summed E-state index contributed by atoms with van der Waals surface area (Å²) in [4.78, 5) is 27.0. The number of hydrogen-bond donors (Lipinski definition) is 1. The van der Waals surface area contributed by atoms with Crippen LogP contribution >= 0.6 is 0 Å². The second-order valence-corrected chi connectivity index (χ2v) is 7.74. The van der Waals surface area contributed by atoms with Gasteiger partial charge >= 0.3 is 11.8 Å². The molecule has 1 aliphatic rings. The Labute approximate surface area is 182 Å². The number of nitrogens with one attached hydrogen (secondary N) is 1. The Morgan fingerprint density at radius 3 is 2.69 bits per heavy atom. The fourth-order valence-electron chi connectivity index (χ4n) is 3.92. The highest BCUT2D eigenvalue weighted by molar-refractivity contribution is 6.39. The molecule has 3 aromatic rings. The Kier molecular flexibility index (Phi) is 5.69. The van der Waals surface area contributed by atoms with Crippen LogP contribution in [-0.2, 0) is 9.59 Å². The van der Waals surface area contributed by atoms with E-state index in [2.05, 4.69) is 10.4 Å². The molecule has 0 spiro atoms. The zero-order valence-corrected chi connectivity index (χ0v) is 17.1. The summed E-state index contributed by atoms with van der Waals surface area (Å²) in [6, 6.07) is 12.7. The van der Waals surface area contributed by atoms with Crippen LogP contribution in [0.4, 0.5) is 14.6 Å². The van der Waals surface area contributed by atoms with Crippen molar-refractivity contribution in [2.45, 2.75) is 19.4 Å². The number of benzene rings is 2. The number of anilines is 1. The number of nitriles is 1. The molecule has 2 heterocycles. The number of aromatic nitrogens is 2. The average Bonchev–Trinajstić information content (AvgIpc) is 3.39. The first-order valence-electron chi connectivity index (χ1n) is 9.99. The minimum absolute atomic E-state index is 0.0750. The normalized spacial score (nSPS) is 17.8. The van der Waals surface area contributed by atoms with Crippen molar-refractivity contribution in [3.8, 4) is 11.8 Å². The van der Waals surface area contributed by atoms with Gasteiger partial charge in [-0.1, -0.05) is 19.1 Å². The molecule has 0 radical (unpaired) electrons. The van der Waals surface area contributed by atoms with Crippen LogP contribution in [0, 0.1) is 28.9 Å². The van der Waals surface area contributed by atoms with Crippen LogP contribution < -0.4 is 5.32 Å². The van der Waals surface area contributed by atoms with E-state index in [1.807, 2.05) is 13.0 Å². The van der Waals surface area contributed by atoms with Crippen molar-refractivity contribution in [1.29, 1.82) is 5.26 Å². The van der Waals surface area contributed by atoms with E-state index < -0.39 is 29.5 Å². The van der Waals surface area contributed by atoms with Gasteiger partial charge in [-0.05, 0) is 48.2 Å². The molecule has 7 nitrogen and oxygen atoms in total. The second kappa shape index (κ2) is 8.59. The van der Waals surface area contributed by atoms with Crippen LogP contribution in [0.1, 0.15) is 30.5 Å². The van der Waals surface area contributed by atoms with Gasteiger partial charge in [-0.2, -0.15) is 5.26 Å². The molecule has 0 aliphatic carbocycles. The van der Waals surface area contributed by atoms with Gasteiger partial charge in [-0.3, -0.25) is 9.59 Å². The molecule has 2 aromatic carbocycles. The predicted octanol–water partition coefficient (Wildman–Crippen LogP) is 3.57. The summed E-state index contributed by atoms with van der Waals surface area (Å²) in [6.07, 6.45) is 2.11. The third-order valence-corrected chi connectivity index (χ3v) is 5.36. The highest BCUT2D eigenvalue weighted by Gasteiger charge is 2.37. The van der Waals surface area contributed by atoms with E-state index in [0.29, 0.717) is 24.2 Å². The van der Waals surface area contributed by atoms with Crippen LogP contribution in [0.3, 0.4) is 0 Å². The number of halogens is 2. The standard InChI is InChI=1S/C23H19F2N5O2/c1-14-9-20(15-3-2-4-17(24)10-15)29(13-14)23(32)22(31)27-21-7-8-30(28-21)19-6-5-18(25)11-16(19)12-26/h2-8,10-11,14,20H,9,13H2,1H3,(H,27,28,31). The lowest BCUT2D eigenvalue weighted by molar-refractivity contribution is -0.143. The summed E-state index contributed by atoms with van der Waals surface area (Å²) in [7, 11) is 0. The first-order chi connectivity index (χ1) is 15.4. The molecule has 1 saturated heterocycles. The molecule has 2 amide bonds. The summed E-state index contributed by atoms with van der Waals surface area (Å²) in [5.41, 5.74) is 1.05. The lowest BCUT2D eigenvalue weighted by atomic mass is 10.0. The molecule has 32 heavy (non-hydrogen) atoms. The second-order valence-electron chi connectivity index (χ2n) is 7.74. The van der Waals surface area contributed by atoms with Crippen LogP contribution in [0.2, 0.25) is 0 Å². The molecule has 9 heteroatoms. The number of amides is 2. The van der Waals surface area contributed by atoms with E-state index in [1.54, 1.807) is 12.1 Å². The van der Waals surface area contributed by atoms with E-state index in [1.165, 1.54) is 46.1 Å². The van der Waals surface area contributed by atoms with Gasteiger partial charge in [-0.15, -0.1) is 5.10 Å².